The molecule has 2 unspecified atom stereocenters. The minimum absolute atomic E-state index is 0.236. The molecule has 6 heteroatoms. The molecule has 0 aromatic heterocycles. The molecule has 2 saturated heterocycles. The van der Waals surface area contributed by atoms with Gasteiger partial charge in [-0.15, -0.1) is 0 Å². The predicted octanol–water partition coefficient (Wildman–Crippen LogP) is 3.47. The summed E-state index contributed by atoms with van der Waals surface area (Å²) in [4.78, 5) is 0. The molecule has 2 atom stereocenters. The molecule has 0 amide bonds. The average Bonchev–Trinajstić information content (AvgIpc) is 3.60. The van der Waals surface area contributed by atoms with E-state index in [1.807, 2.05) is 26.0 Å². The fourth-order valence-electron chi connectivity index (χ4n) is 2.88. The summed E-state index contributed by atoms with van der Waals surface area (Å²) in [7, 11) is 0. The second kappa shape index (κ2) is 8.92. The molecule has 28 heavy (non-hydrogen) atoms. The van der Waals surface area contributed by atoms with Crippen LogP contribution in [0.3, 0.4) is 0 Å². The van der Waals surface area contributed by atoms with Gasteiger partial charge in [0.1, 0.15) is 23.7 Å². The van der Waals surface area contributed by atoms with Crippen LogP contribution >= 0.6 is 0 Å². The SMILES string of the molecule is Cc1cc(-c2ccc(OCOCC3CO3)c(C)c2)ccc1OCOCC1CO1. The number of rotatable bonds is 11. The normalized spacial score (nSPS) is 20.1. The summed E-state index contributed by atoms with van der Waals surface area (Å²) >= 11 is 0. The van der Waals surface area contributed by atoms with E-state index in [1.165, 1.54) is 0 Å². The van der Waals surface area contributed by atoms with Gasteiger partial charge >= 0.3 is 0 Å². The van der Waals surface area contributed by atoms with Crippen LogP contribution in [0.1, 0.15) is 11.1 Å². The van der Waals surface area contributed by atoms with Gasteiger partial charge in [0.2, 0.25) is 0 Å². The molecule has 0 radical (unpaired) electrons. The Hall–Kier alpha value is -2.12. The van der Waals surface area contributed by atoms with E-state index >= 15 is 0 Å². The summed E-state index contributed by atoms with van der Waals surface area (Å²) in [5, 5.41) is 0. The summed E-state index contributed by atoms with van der Waals surface area (Å²) in [5.74, 6) is 1.66. The maximum absolute atomic E-state index is 5.70. The Morgan fingerprint density at radius 3 is 1.54 bits per heavy atom. The molecule has 0 bridgehead atoms. The molecule has 2 aliphatic heterocycles. The zero-order valence-corrected chi connectivity index (χ0v) is 16.3. The Balaban J connectivity index is 1.31. The number of ether oxygens (including phenoxy) is 6. The third-order valence-electron chi connectivity index (χ3n) is 4.69. The standard InChI is InChI=1S/C22H26O6/c1-15-7-17(3-5-21(15)27-13-23-9-19-11-25-19)18-4-6-22(16(2)8-18)28-14-24-10-20-12-26-20/h3-8,19-20H,9-14H2,1-2H3. The quantitative estimate of drug-likeness (QED) is 0.335. The van der Waals surface area contributed by atoms with E-state index in [0.29, 0.717) is 13.2 Å². The second-order valence-corrected chi connectivity index (χ2v) is 7.14. The average molecular weight is 386 g/mol. The molecule has 0 spiro atoms. The lowest BCUT2D eigenvalue weighted by molar-refractivity contribution is 0.00773. The van der Waals surface area contributed by atoms with E-state index < -0.39 is 0 Å². The molecule has 150 valence electrons. The van der Waals surface area contributed by atoms with Gasteiger partial charge in [-0.3, -0.25) is 0 Å². The van der Waals surface area contributed by atoms with Gasteiger partial charge in [0, 0.05) is 0 Å². The number of epoxide rings is 2. The highest BCUT2D eigenvalue weighted by Gasteiger charge is 2.22. The van der Waals surface area contributed by atoms with Gasteiger partial charge in [0.15, 0.2) is 13.6 Å². The van der Waals surface area contributed by atoms with Crippen molar-refractivity contribution in [1.29, 1.82) is 0 Å². The third-order valence-corrected chi connectivity index (χ3v) is 4.69. The van der Waals surface area contributed by atoms with Crippen LogP contribution in [0, 0.1) is 13.8 Å². The Kier molecular flexibility index (Phi) is 6.12. The summed E-state index contributed by atoms with van der Waals surface area (Å²) in [6.07, 6.45) is 0.502. The molecule has 2 fully saturated rings. The zero-order valence-electron chi connectivity index (χ0n) is 16.3. The van der Waals surface area contributed by atoms with Crippen molar-refractivity contribution >= 4 is 0 Å². The van der Waals surface area contributed by atoms with Crippen molar-refractivity contribution in [2.24, 2.45) is 0 Å². The monoisotopic (exact) mass is 386 g/mol. The third kappa shape index (κ3) is 5.45. The number of hydrogen-bond donors (Lipinski definition) is 0. The van der Waals surface area contributed by atoms with Crippen LogP contribution in [0.15, 0.2) is 36.4 Å². The first kappa shape index (κ1) is 19.2. The van der Waals surface area contributed by atoms with Crippen molar-refractivity contribution < 1.29 is 28.4 Å². The highest BCUT2D eigenvalue weighted by Crippen LogP contribution is 2.30. The molecule has 0 N–H and O–H groups in total. The van der Waals surface area contributed by atoms with Crippen molar-refractivity contribution in [3.05, 3.63) is 47.5 Å². The van der Waals surface area contributed by atoms with E-state index in [4.69, 9.17) is 28.4 Å². The smallest absolute Gasteiger partial charge is 0.189 e. The molecule has 2 aromatic rings. The highest BCUT2D eigenvalue weighted by atomic mass is 16.7. The highest BCUT2D eigenvalue weighted by molar-refractivity contribution is 5.67. The predicted molar refractivity (Wildman–Crippen MR) is 104 cm³/mol. The molecule has 0 saturated carbocycles. The van der Waals surface area contributed by atoms with Gasteiger partial charge in [-0.25, -0.2) is 0 Å². The van der Waals surface area contributed by atoms with Crippen molar-refractivity contribution in [1.82, 2.24) is 0 Å². The first-order valence-electron chi connectivity index (χ1n) is 9.55. The maximum atomic E-state index is 5.70. The molecular weight excluding hydrogens is 360 g/mol. The minimum atomic E-state index is 0.236. The van der Waals surface area contributed by atoms with E-state index in [9.17, 15) is 0 Å². The van der Waals surface area contributed by atoms with Gasteiger partial charge in [-0.2, -0.15) is 0 Å². The van der Waals surface area contributed by atoms with Gasteiger partial charge in [0.05, 0.1) is 26.4 Å². The number of aryl methyl sites for hydroxylation is 2. The molecule has 2 aliphatic rings. The van der Waals surface area contributed by atoms with Crippen molar-refractivity contribution in [2.75, 3.05) is 40.0 Å². The first-order chi connectivity index (χ1) is 13.7. The second-order valence-electron chi connectivity index (χ2n) is 7.14. The Morgan fingerprint density at radius 1 is 0.750 bits per heavy atom. The lowest BCUT2D eigenvalue weighted by Gasteiger charge is -2.13. The summed E-state index contributed by atoms with van der Waals surface area (Å²) in [5.41, 5.74) is 4.40. The fourth-order valence-corrected chi connectivity index (χ4v) is 2.88. The van der Waals surface area contributed by atoms with E-state index in [0.717, 1.165) is 47.0 Å². The minimum Gasteiger partial charge on any atom is -0.467 e. The number of hydrogen-bond acceptors (Lipinski definition) is 6. The van der Waals surface area contributed by atoms with Crippen molar-refractivity contribution in [2.45, 2.75) is 26.1 Å². The molecule has 0 aliphatic carbocycles. The molecule has 4 rings (SSSR count). The topological polar surface area (TPSA) is 62.0 Å². The lowest BCUT2D eigenvalue weighted by atomic mass is 10.0. The zero-order chi connectivity index (χ0) is 19.3. The van der Waals surface area contributed by atoms with Crippen LogP contribution < -0.4 is 9.47 Å². The van der Waals surface area contributed by atoms with Crippen molar-refractivity contribution in [3.63, 3.8) is 0 Å². The Bertz CT molecular complexity index is 730. The summed E-state index contributed by atoms with van der Waals surface area (Å²) < 4.78 is 32.5. The van der Waals surface area contributed by atoms with Gasteiger partial charge in [-0.1, -0.05) is 12.1 Å². The molecule has 6 nitrogen and oxygen atoms in total. The van der Waals surface area contributed by atoms with Crippen LogP contribution in [0.25, 0.3) is 11.1 Å². The Morgan fingerprint density at radius 2 is 1.18 bits per heavy atom. The maximum Gasteiger partial charge on any atom is 0.189 e. The van der Waals surface area contributed by atoms with Crippen LogP contribution in [0.2, 0.25) is 0 Å². The summed E-state index contributed by atoms with van der Waals surface area (Å²) in [6, 6.07) is 12.3. The Labute approximate surface area is 165 Å². The van der Waals surface area contributed by atoms with Crippen molar-refractivity contribution in [3.8, 4) is 22.6 Å². The van der Waals surface area contributed by atoms with Gasteiger partial charge < -0.3 is 28.4 Å². The van der Waals surface area contributed by atoms with Gasteiger partial charge in [-0.05, 0) is 60.4 Å². The lowest BCUT2D eigenvalue weighted by Crippen LogP contribution is -2.08. The van der Waals surface area contributed by atoms with Crippen LogP contribution in [-0.4, -0.2) is 52.2 Å². The largest absolute Gasteiger partial charge is 0.467 e. The number of benzene rings is 2. The van der Waals surface area contributed by atoms with Gasteiger partial charge in [0.25, 0.3) is 0 Å². The van der Waals surface area contributed by atoms with E-state index in [2.05, 4.69) is 24.3 Å². The van der Waals surface area contributed by atoms with E-state index in [1.54, 1.807) is 0 Å². The van der Waals surface area contributed by atoms with Crippen LogP contribution in [0.5, 0.6) is 11.5 Å². The molecular formula is C22H26O6. The molecule has 2 heterocycles. The fraction of sp³-hybridized carbons (Fsp3) is 0.455. The first-order valence-corrected chi connectivity index (χ1v) is 9.55. The molecule has 2 aromatic carbocycles. The van der Waals surface area contributed by atoms with E-state index in [-0.39, 0.29) is 25.8 Å². The summed E-state index contributed by atoms with van der Waals surface area (Å²) in [6.45, 7) is 7.30. The van der Waals surface area contributed by atoms with Crippen LogP contribution in [0.4, 0.5) is 0 Å². The van der Waals surface area contributed by atoms with Crippen LogP contribution in [-0.2, 0) is 18.9 Å².